The molecule has 0 aromatic heterocycles. The molecular weight excluding hydrogens is 234 g/mol. The summed E-state index contributed by atoms with van der Waals surface area (Å²) in [5, 5.41) is 12.5. The number of rotatable bonds is 6. The van der Waals surface area contributed by atoms with Crippen LogP contribution >= 0.6 is 0 Å². The third kappa shape index (κ3) is 3.20. The fourth-order valence-corrected chi connectivity index (χ4v) is 1.53. The lowest BCUT2D eigenvalue weighted by atomic mass is 10.1. The van der Waals surface area contributed by atoms with Crippen LogP contribution in [0.25, 0.3) is 0 Å². The zero-order valence-corrected chi connectivity index (χ0v) is 11.5. The smallest absolute Gasteiger partial charge is 0.164 e. The molecular formula is C13H21NO4. The number of aliphatic hydroxyl groups excluding tert-OH is 1. The minimum Gasteiger partial charge on any atom is -0.494 e. The average Bonchev–Trinajstić information content (AvgIpc) is 2.37. The number of methoxy groups -OCH3 is 3. The molecule has 0 amide bonds. The summed E-state index contributed by atoms with van der Waals surface area (Å²) in [4.78, 5) is 0. The van der Waals surface area contributed by atoms with Crippen molar-refractivity contribution in [1.29, 1.82) is 0 Å². The van der Waals surface area contributed by atoms with Gasteiger partial charge >= 0.3 is 0 Å². The van der Waals surface area contributed by atoms with Gasteiger partial charge in [-0.15, -0.1) is 0 Å². The maximum atomic E-state index is 9.29. The van der Waals surface area contributed by atoms with Gasteiger partial charge in [0.05, 0.1) is 39.2 Å². The molecule has 0 atom stereocenters. The van der Waals surface area contributed by atoms with Crippen molar-refractivity contribution in [2.75, 3.05) is 33.3 Å². The molecule has 0 aliphatic rings. The van der Waals surface area contributed by atoms with E-state index in [1.54, 1.807) is 33.5 Å². The Morgan fingerprint density at radius 3 is 1.94 bits per heavy atom. The summed E-state index contributed by atoms with van der Waals surface area (Å²) in [5.74, 6) is 1.84. The topological polar surface area (TPSA) is 60.0 Å². The van der Waals surface area contributed by atoms with Crippen LogP contribution in [0.4, 0.5) is 5.69 Å². The Labute approximate surface area is 108 Å². The van der Waals surface area contributed by atoms with Gasteiger partial charge in [-0.05, 0) is 13.8 Å². The van der Waals surface area contributed by atoms with Crippen molar-refractivity contribution >= 4 is 5.69 Å². The van der Waals surface area contributed by atoms with Gasteiger partial charge in [-0.1, -0.05) is 0 Å². The Bertz CT molecular complexity index is 404. The van der Waals surface area contributed by atoms with E-state index in [1.807, 2.05) is 13.8 Å². The monoisotopic (exact) mass is 255 g/mol. The van der Waals surface area contributed by atoms with Crippen molar-refractivity contribution in [3.8, 4) is 17.2 Å². The zero-order chi connectivity index (χ0) is 13.8. The van der Waals surface area contributed by atoms with E-state index in [2.05, 4.69) is 5.32 Å². The largest absolute Gasteiger partial charge is 0.494 e. The van der Waals surface area contributed by atoms with Crippen LogP contribution in [0.3, 0.4) is 0 Å². The number of hydrogen-bond acceptors (Lipinski definition) is 5. The van der Waals surface area contributed by atoms with Crippen molar-refractivity contribution in [2.45, 2.75) is 19.4 Å². The first-order valence-electron chi connectivity index (χ1n) is 5.66. The highest BCUT2D eigenvalue weighted by atomic mass is 16.5. The molecule has 1 rings (SSSR count). The molecule has 0 spiro atoms. The molecule has 0 aliphatic carbocycles. The summed E-state index contributed by atoms with van der Waals surface area (Å²) in [6.45, 7) is 3.79. The second-order valence-electron chi connectivity index (χ2n) is 4.57. The SMILES string of the molecule is COc1cc(OC)c(OC)cc1NC(C)(C)CO. The third-order valence-corrected chi connectivity index (χ3v) is 2.57. The predicted molar refractivity (Wildman–Crippen MR) is 70.9 cm³/mol. The highest BCUT2D eigenvalue weighted by Crippen LogP contribution is 2.38. The van der Waals surface area contributed by atoms with E-state index in [0.29, 0.717) is 17.2 Å². The van der Waals surface area contributed by atoms with E-state index in [4.69, 9.17) is 14.2 Å². The lowest BCUT2D eigenvalue weighted by Gasteiger charge is -2.26. The van der Waals surface area contributed by atoms with E-state index in [9.17, 15) is 5.11 Å². The molecule has 0 saturated heterocycles. The highest BCUT2D eigenvalue weighted by Gasteiger charge is 2.20. The van der Waals surface area contributed by atoms with Crippen molar-refractivity contribution < 1.29 is 19.3 Å². The lowest BCUT2D eigenvalue weighted by Crippen LogP contribution is -2.35. The summed E-state index contributed by atoms with van der Waals surface area (Å²) >= 11 is 0. The number of nitrogens with one attached hydrogen (secondary N) is 1. The maximum absolute atomic E-state index is 9.29. The molecule has 18 heavy (non-hydrogen) atoms. The van der Waals surface area contributed by atoms with Crippen LogP contribution in [0.2, 0.25) is 0 Å². The van der Waals surface area contributed by atoms with Crippen LogP contribution in [-0.4, -0.2) is 38.6 Å². The van der Waals surface area contributed by atoms with Crippen molar-refractivity contribution in [1.82, 2.24) is 0 Å². The van der Waals surface area contributed by atoms with E-state index in [1.165, 1.54) is 0 Å². The molecule has 5 nitrogen and oxygen atoms in total. The van der Waals surface area contributed by atoms with Crippen molar-refractivity contribution in [3.05, 3.63) is 12.1 Å². The van der Waals surface area contributed by atoms with Gasteiger partial charge in [-0.25, -0.2) is 0 Å². The standard InChI is InChI=1S/C13H21NO4/c1-13(2,8-15)14-9-6-11(17-4)12(18-5)7-10(9)16-3/h6-7,14-15H,8H2,1-5H3. The van der Waals surface area contributed by atoms with Gasteiger partial charge in [0, 0.05) is 12.1 Å². The molecule has 0 radical (unpaired) electrons. The van der Waals surface area contributed by atoms with Crippen molar-refractivity contribution in [2.24, 2.45) is 0 Å². The molecule has 102 valence electrons. The molecule has 1 aromatic rings. The minimum absolute atomic E-state index is 0.00446. The highest BCUT2D eigenvalue weighted by molar-refractivity contribution is 5.65. The predicted octanol–water partition coefficient (Wildman–Crippen LogP) is 1.90. The minimum atomic E-state index is -0.452. The van der Waals surface area contributed by atoms with E-state index < -0.39 is 5.54 Å². The summed E-state index contributed by atoms with van der Waals surface area (Å²) in [6.07, 6.45) is 0. The molecule has 5 heteroatoms. The summed E-state index contributed by atoms with van der Waals surface area (Å²) in [7, 11) is 4.73. The molecule has 0 heterocycles. The summed E-state index contributed by atoms with van der Waals surface area (Å²) < 4.78 is 15.7. The van der Waals surface area contributed by atoms with Gasteiger partial charge < -0.3 is 24.6 Å². The van der Waals surface area contributed by atoms with Crippen LogP contribution in [0.15, 0.2) is 12.1 Å². The molecule has 1 aromatic carbocycles. The fourth-order valence-electron chi connectivity index (χ4n) is 1.53. The number of aliphatic hydroxyl groups is 1. The van der Waals surface area contributed by atoms with Gasteiger partial charge in [0.25, 0.3) is 0 Å². The first-order valence-corrected chi connectivity index (χ1v) is 5.66. The van der Waals surface area contributed by atoms with E-state index in [0.717, 1.165) is 5.69 Å². The van der Waals surface area contributed by atoms with E-state index >= 15 is 0 Å². The number of anilines is 1. The second-order valence-corrected chi connectivity index (χ2v) is 4.57. The van der Waals surface area contributed by atoms with Gasteiger partial charge in [-0.3, -0.25) is 0 Å². The Balaban J connectivity index is 3.17. The summed E-state index contributed by atoms with van der Waals surface area (Å²) in [5.41, 5.74) is 0.293. The van der Waals surface area contributed by atoms with Gasteiger partial charge in [0.15, 0.2) is 11.5 Å². The lowest BCUT2D eigenvalue weighted by molar-refractivity contribution is 0.233. The molecule has 0 unspecified atom stereocenters. The summed E-state index contributed by atoms with van der Waals surface area (Å²) in [6, 6.07) is 3.53. The van der Waals surface area contributed by atoms with Crippen LogP contribution in [-0.2, 0) is 0 Å². The number of benzene rings is 1. The Morgan fingerprint density at radius 1 is 1.00 bits per heavy atom. The molecule has 0 saturated carbocycles. The second kappa shape index (κ2) is 5.82. The molecule has 2 N–H and O–H groups in total. The molecule has 0 fully saturated rings. The zero-order valence-electron chi connectivity index (χ0n) is 11.5. The Morgan fingerprint density at radius 2 is 1.50 bits per heavy atom. The first kappa shape index (κ1) is 14.4. The van der Waals surface area contributed by atoms with Crippen LogP contribution in [0, 0.1) is 0 Å². The maximum Gasteiger partial charge on any atom is 0.164 e. The first-order chi connectivity index (χ1) is 8.47. The van der Waals surface area contributed by atoms with Gasteiger partial charge in [0.1, 0.15) is 5.75 Å². The fraction of sp³-hybridized carbons (Fsp3) is 0.538. The average molecular weight is 255 g/mol. The molecule has 0 aliphatic heterocycles. The number of hydrogen-bond donors (Lipinski definition) is 2. The van der Waals surface area contributed by atoms with Gasteiger partial charge in [0.2, 0.25) is 0 Å². The van der Waals surface area contributed by atoms with E-state index in [-0.39, 0.29) is 6.61 Å². The van der Waals surface area contributed by atoms with Gasteiger partial charge in [-0.2, -0.15) is 0 Å². The molecule has 0 bridgehead atoms. The number of ether oxygens (including phenoxy) is 3. The van der Waals surface area contributed by atoms with Crippen LogP contribution < -0.4 is 19.5 Å². The Kier molecular flexibility index (Phi) is 4.67. The van der Waals surface area contributed by atoms with Crippen LogP contribution in [0.1, 0.15) is 13.8 Å². The third-order valence-electron chi connectivity index (χ3n) is 2.57. The Hall–Kier alpha value is -1.62. The normalized spacial score (nSPS) is 11.0. The van der Waals surface area contributed by atoms with Crippen LogP contribution in [0.5, 0.6) is 17.2 Å². The van der Waals surface area contributed by atoms with Crippen molar-refractivity contribution in [3.63, 3.8) is 0 Å². The quantitative estimate of drug-likeness (QED) is 0.813.